The minimum Gasteiger partial charge on any atom is -0.378 e. The molecule has 0 fully saturated rings. The molecule has 2 aromatic rings. The first kappa shape index (κ1) is 16.4. The van der Waals surface area contributed by atoms with Gasteiger partial charge >= 0.3 is 0 Å². The van der Waals surface area contributed by atoms with Crippen LogP contribution in [0.2, 0.25) is 0 Å². The fourth-order valence-corrected chi connectivity index (χ4v) is 2.65. The van der Waals surface area contributed by atoms with Crippen molar-refractivity contribution in [2.24, 2.45) is 7.05 Å². The number of anilines is 2. The van der Waals surface area contributed by atoms with Gasteiger partial charge < -0.3 is 14.8 Å². The highest BCUT2D eigenvalue weighted by atomic mass is 32.2. The highest BCUT2D eigenvalue weighted by Gasteiger charge is 2.18. The van der Waals surface area contributed by atoms with Gasteiger partial charge in [0, 0.05) is 32.5 Å². The normalized spacial score (nSPS) is 12.0. The first-order valence-corrected chi connectivity index (χ1v) is 7.87. The van der Waals surface area contributed by atoms with Crippen molar-refractivity contribution in [3.05, 3.63) is 30.1 Å². The topological polar surface area (TPSA) is 63.1 Å². The van der Waals surface area contributed by atoms with Gasteiger partial charge in [-0.1, -0.05) is 11.8 Å². The van der Waals surface area contributed by atoms with E-state index in [9.17, 15) is 4.79 Å². The lowest BCUT2D eigenvalue weighted by molar-refractivity contribution is -0.115. The lowest BCUT2D eigenvalue weighted by Crippen LogP contribution is -2.22. The molecule has 0 bridgehead atoms. The van der Waals surface area contributed by atoms with Crippen molar-refractivity contribution in [2.45, 2.75) is 24.3 Å². The molecule has 0 saturated carbocycles. The monoisotopic (exact) mass is 319 g/mol. The molecule has 1 amide bonds. The van der Waals surface area contributed by atoms with Crippen molar-refractivity contribution in [2.75, 3.05) is 24.3 Å². The number of benzene rings is 1. The van der Waals surface area contributed by atoms with E-state index >= 15 is 0 Å². The second-order valence-electron chi connectivity index (χ2n) is 5.28. The molecular formula is C15H21N5OS. The van der Waals surface area contributed by atoms with Crippen LogP contribution in [0.5, 0.6) is 0 Å². The maximum Gasteiger partial charge on any atom is 0.237 e. The van der Waals surface area contributed by atoms with Crippen LogP contribution in [0, 0.1) is 6.92 Å². The molecule has 1 atom stereocenters. The average Bonchev–Trinajstić information content (AvgIpc) is 2.79. The summed E-state index contributed by atoms with van der Waals surface area (Å²) in [6.45, 7) is 3.74. The summed E-state index contributed by atoms with van der Waals surface area (Å²) in [7, 11) is 5.85. The third kappa shape index (κ3) is 3.79. The molecule has 0 saturated heterocycles. The summed E-state index contributed by atoms with van der Waals surface area (Å²) in [5, 5.41) is 11.5. The number of thioether (sulfide) groups is 1. The van der Waals surface area contributed by atoms with Gasteiger partial charge in [-0.2, -0.15) is 0 Å². The Balaban J connectivity index is 1.97. The fourth-order valence-electron chi connectivity index (χ4n) is 1.79. The molecule has 1 heterocycles. The van der Waals surface area contributed by atoms with Gasteiger partial charge in [-0.05, 0) is 38.1 Å². The van der Waals surface area contributed by atoms with Gasteiger partial charge in [0.15, 0.2) is 5.16 Å². The summed E-state index contributed by atoms with van der Waals surface area (Å²) in [4.78, 5) is 14.3. The van der Waals surface area contributed by atoms with E-state index < -0.39 is 0 Å². The molecule has 1 N–H and O–H groups in total. The number of aromatic nitrogens is 3. The van der Waals surface area contributed by atoms with Crippen LogP contribution in [0.3, 0.4) is 0 Å². The number of aryl methyl sites for hydroxylation is 1. The van der Waals surface area contributed by atoms with Gasteiger partial charge in [-0.3, -0.25) is 4.79 Å². The van der Waals surface area contributed by atoms with Crippen molar-refractivity contribution >= 4 is 29.0 Å². The summed E-state index contributed by atoms with van der Waals surface area (Å²) in [5.74, 6) is 0.776. The minimum atomic E-state index is -0.254. The second kappa shape index (κ2) is 6.83. The van der Waals surface area contributed by atoms with Crippen molar-refractivity contribution < 1.29 is 4.79 Å². The molecule has 1 aromatic carbocycles. The lowest BCUT2D eigenvalue weighted by Gasteiger charge is -2.14. The molecule has 0 radical (unpaired) electrons. The second-order valence-corrected chi connectivity index (χ2v) is 6.59. The predicted octanol–water partition coefficient (Wildman–Crippen LogP) is 2.31. The first-order chi connectivity index (χ1) is 10.4. The molecule has 0 aliphatic rings. The maximum atomic E-state index is 12.3. The van der Waals surface area contributed by atoms with E-state index in [-0.39, 0.29) is 11.2 Å². The number of rotatable bonds is 5. The fraction of sp³-hybridized carbons (Fsp3) is 0.400. The van der Waals surface area contributed by atoms with Gasteiger partial charge in [0.2, 0.25) is 5.91 Å². The van der Waals surface area contributed by atoms with Gasteiger partial charge in [-0.25, -0.2) is 0 Å². The third-order valence-corrected chi connectivity index (χ3v) is 4.49. The van der Waals surface area contributed by atoms with E-state index in [1.165, 1.54) is 11.8 Å². The quantitative estimate of drug-likeness (QED) is 0.857. The summed E-state index contributed by atoms with van der Waals surface area (Å²) in [5.41, 5.74) is 1.88. The zero-order valence-electron chi connectivity index (χ0n) is 13.5. The number of hydrogen-bond donors (Lipinski definition) is 1. The molecule has 1 aromatic heterocycles. The summed E-state index contributed by atoms with van der Waals surface area (Å²) < 4.78 is 1.88. The van der Waals surface area contributed by atoms with Crippen LogP contribution in [0.1, 0.15) is 12.7 Å². The predicted molar refractivity (Wildman–Crippen MR) is 90.5 cm³/mol. The van der Waals surface area contributed by atoms with E-state index in [2.05, 4.69) is 15.5 Å². The molecule has 0 spiro atoms. The van der Waals surface area contributed by atoms with E-state index in [1.54, 1.807) is 0 Å². The number of amides is 1. The van der Waals surface area contributed by atoms with Crippen LogP contribution in [0.25, 0.3) is 0 Å². The van der Waals surface area contributed by atoms with E-state index in [0.717, 1.165) is 22.4 Å². The number of nitrogens with one attached hydrogen (secondary N) is 1. The van der Waals surface area contributed by atoms with Crippen LogP contribution in [-0.2, 0) is 11.8 Å². The molecule has 2 rings (SSSR count). The molecule has 6 nitrogen and oxygen atoms in total. The zero-order chi connectivity index (χ0) is 16.3. The lowest BCUT2D eigenvalue weighted by atomic mass is 10.2. The average molecular weight is 319 g/mol. The van der Waals surface area contributed by atoms with Crippen molar-refractivity contribution in [1.29, 1.82) is 0 Å². The Morgan fingerprint density at radius 1 is 1.27 bits per heavy atom. The Morgan fingerprint density at radius 3 is 2.41 bits per heavy atom. The molecule has 118 valence electrons. The van der Waals surface area contributed by atoms with Crippen LogP contribution in [0.15, 0.2) is 29.4 Å². The maximum absolute atomic E-state index is 12.3. The van der Waals surface area contributed by atoms with Crippen molar-refractivity contribution in [3.63, 3.8) is 0 Å². The van der Waals surface area contributed by atoms with Crippen LogP contribution >= 0.6 is 11.8 Å². The van der Waals surface area contributed by atoms with E-state index in [1.807, 2.05) is 68.7 Å². The number of carbonyl (C=O) groups is 1. The summed E-state index contributed by atoms with van der Waals surface area (Å²) in [6.07, 6.45) is 0. The highest BCUT2D eigenvalue weighted by molar-refractivity contribution is 8.00. The first-order valence-electron chi connectivity index (χ1n) is 6.99. The smallest absolute Gasteiger partial charge is 0.237 e. The molecule has 1 unspecified atom stereocenters. The Kier molecular flexibility index (Phi) is 5.07. The van der Waals surface area contributed by atoms with Crippen LogP contribution < -0.4 is 10.2 Å². The van der Waals surface area contributed by atoms with E-state index in [0.29, 0.717) is 0 Å². The molecule has 7 heteroatoms. The Bertz CT molecular complexity index is 650. The Morgan fingerprint density at radius 2 is 1.91 bits per heavy atom. The van der Waals surface area contributed by atoms with Gasteiger partial charge in [0.05, 0.1) is 5.25 Å². The van der Waals surface area contributed by atoms with Crippen molar-refractivity contribution in [1.82, 2.24) is 14.8 Å². The Labute approximate surface area is 134 Å². The molecular weight excluding hydrogens is 298 g/mol. The van der Waals surface area contributed by atoms with Gasteiger partial charge in [-0.15, -0.1) is 10.2 Å². The minimum absolute atomic E-state index is 0.0525. The van der Waals surface area contributed by atoms with Crippen LogP contribution in [0.4, 0.5) is 11.4 Å². The molecule has 0 aliphatic carbocycles. The number of nitrogens with zero attached hydrogens (tertiary/aromatic N) is 4. The summed E-state index contributed by atoms with van der Waals surface area (Å²) in [6, 6.07) is 7.74. The third-order valence-electron chi connectivity index (χ3n) is 3.36. The van der Waals surface area contributed by atoms with Crippen LogP contribution in [-0.4, -0.2) is 40.0 Å². The Hall–Kier alpha value is -2.02. The zero-order valence-corrected chi connectivity index (χ0v) is 14.3. The SMILES string of the molecule is Cc1nnc(SC(C)C(=O)Nc2ccc(N(C)C)cc2)n1C. The van der Waals surface area contributed by atoms with E-state index in [4.69, 9.17) is 0 Å². The molecule has 22 heavy (non-hydrogen) atoms. The molecule has 0 aliphatic heterocycles. The highest BCUT2D eigenvalue weighted by Crippen LogP contribution is 2.23. The number of carbonyl (C=O) groups excluding carboxylic acids is 1. The van der Waals surface area contributed by atoms with Gasteiger partial charge in [0.1, 0.15) is 5.82 Å². The van der Waals surface area contributed by atoms with Crippen molar-refractivity contribution in [3.8, 4) is 0 Å². The summed E-state index contributed by atoms with van der Waals surface area (Å²) >= 11 is 1.40. The van der Waals surface area contributed by atoms with Gasteiger partial charge in [0.25, 0.3) is 0 Å². The largest absolute Gasteiger partial charge is 0.378 e. The standard InChI is InChI=1S/C15H21N5OS/c1-10(22-15-18-17-11(2)20(15)5)14(21)16-12-6-8-13(9-7-12)19(3)4/h6-10H,1-5H3,(H,16,21). The number of hydrogen-bond acceptors (Lipinski definition) is 5.